The second-order valence-corrected chi connectivity index (χ2v) is 2.60. The highest BCUT2D eigenvalue weighted by molar-refractivity contribution is 5.21. The molecule has 0 radical (unpaired) electrons. The molecule has 0 bridgehead atoms. The first-order valence-corrected chi connectivity index (χ1v) is 3.66. The van der Waals surface area contributed by atoms with Gasteiger partial charge in [-0.25, -0.2) is 0 Å². The highest BCUT2D eigenvalue weighted by Gasteiger charge is 2.05. The van der Waals surface area contributed by atoms with Crippen molar-refractivity contribution in [2.45, 2.75) is 25.8 Å². The van der Waals surface area contributed by atoms with Gasteiger partial charge in [0.25, 0.3) is 0 Å². The van der Waals surface area contributed by atoms with Crippen LogP contribution >= 0.6 is 0 Å². The van der Waals surface area contributed by atoms with E-state index in [2.05, 4.69) is 30.6 Å². The summed E-state index contributed by atoms with van der Waals surface area (Å²) in [5, 5.41) is 0. The zero-order valence-electron chi connectivity index (χ0n) is 6.30. The van der Waals surface area contributed by atoms with Gasteiger partial charge in [-0.3, -0.25) is 11.3 Å². The summed E-state index contributed by atoms with van der Waals surface area (Å²) >= 11 is 0. The topological polar surface area (TPSA) is 38.0 Å². The summed E-state index contributed by atoms with van der Waals surface area (Å²) in [5.41, 5.74) is 4.13. The Kier molecular flexibility index (Phi) is 2.66. The van der Waals surface area contributed by atoms with Gasteiger partial charge in [0.05, 0.1) is 0 Å². The van der Waals surface area contributed by atoms with Gasteiger partial charge >= 0.3 is 0 Å². The molecule has 0 heterocycles. The van der Waals surface area contributed by atoms with Crippen LogP contribution in [-0.4, -0.2) is 6.04 Å². The first-order valence-electron chi connectivity index (χ1n) is 3.66. The van der Waals surface area contributed by atoms with Crippen LogP contribution in [0.5, 0.6) is 0 Å². The molecule has 1 aliphatic carbocycles. The first-order chi connectivity index (χ1) is 4.84. The lowest BCUT2D eigenvalue weighted by Crippen LogP contribution is -2.34. The van der Waals surface area contributed by atoms with E-state index in [0.717, 1.165) is 12.8 Å². The summed E-state index contributed by atoms with van der Waals surface area (Å²) < 4.78 is 0. The minimum Gasteiger partial charge on any atom is -0.271 e. The van der Waals surface area contributed by atoms with E-state index in [1.54, 1.807) is 0 Å². The maximum Gasteiger partial charge on any atom is 0.0394 e. The summed E-state index contributed by atoms with van der Waals surface area (Å²) in [6, 6.07) is 0.324. The molecule has 0 aliphatic heterocycles. The number of hydrogen-bond acceptors (Lipinski definition) is 2. The van der Waals surface area contributed by atoms with Crippen LogP contribution < -0.4 is 11.3 Å². The third kappa shape index (κ3) is 1.69. The molecule has 0 aromatic carbocycles. The molecule has 1 rings (SSSR count). The zero-order chi connectivity index (χ0) is 7.40. The van der Waals surface area contributed by atoms with Crippen LogP contribution in [0.15, 0.2) is 23.8 Å². The molecule has 0 fully saturated rings. The molecule has 0 aromatic heterocycles. The number of hydrazine groups is 1. The Morgan fingerprint density at radius 2 is 2.50 bits per heavy atom. The number of rotatable bonds is 2. The maximum absolute atomic E-state index is 5.29. The Morgan fingerprint density at radius 1 is 1.70 bits per heavy atom. The Morgan fingerprint density at radius 3 is 3.00 bits per heavy atom. The predicted molar refractivity (Wildman–Crippen MR) is 43.2 cm³/mol. The molecular weight excluding hydrogens is 124 g/mol. The fraction of sp³-hybridized carbons (Fsp3) is 0.500. The van der Waals surface area contributed by atoms with Crippen molar-refractivity contribution in [1.29, 1.82) is 0 Å². The van der Waals surface area contributed by atoms with Gasteiger partial charge in [0, 0.05) is 6.04 Å². The van der Waals surface area contributed by atoms with Crippen LogP contribution in [0.3, 0.4) is 0 Å². The largest absolute Gasteiger partial charge is 0.271 e. The molecule has 0 saturated carbocycles. The maximum atomic E-state index is 5.29. The van der Waals surface area contributed by atoms with E-state index >= 15 is 0 Å². The van der Waals surface area contributed by atoms with Crippen molar-refractivity contribution < 1.29 is 0 Å². The van der Waals surface area contributed by atoms with E-state index in [9.17, 15) is 0 Å². The van der Waals surface area contributed by atoms with Gasteiger partial charge in [0.15, 0.2) is 0 Å². The van der Waals surface area contributed by atoms with Crippen LogP contribution in [-0.2, 0) is 0 Å². The standard InChI is InChI=1S/C8H14N2/c1-7(10-9)8-5-3-2-4-6-8/h2-3,5,7,10H,4,6,9H2,1H3. The molecule has 56 valence electrons. The minimum absolute atomic E-state index is 0.324. The fourth-order valence-electron chi connectivity index (χ4n) is 1.09. The quantitative estimate of drug-likeness (QED) is 0.443. The van der Waals surface area contributed by atoms with Crippen LogP contribution in [0.2, 0.25) is 0 Å². The Hall–Kier alpha value is -0.600. The summed E-state index contributed by atoms with van der Waals surface area (Å²) in [7, 11) is 0. The second-order valence-electron chi connectivity index (χ2n) is 2.60. The van der Waals surface area contributed by atoms with Gasteiger partial charge in [-0.2, -0.15) is 0 Å². The molecular formula is C8H14N2. The molecule has 10 heavy (non-hydrogen) atoms. The van der Waals surface area contributed by atoms with Gasteiger partial charge in [0.1, 0.15) is 0 Å². The smallest absolute Gasteiger partial charge is 0.0394 e. The summed E-state index contributed by atoms with van der Waals surface area (Å²) in [6.45, 7) is 2.07. The number of allylic oxidation sites excluding steroid dienone is 3. The first kappa shape index (κ1) is 7.51. The number of nitrogens with two attached hydrogens (primary N) is 1. The highest BCUT2D eigenvalue weighted by atomic mass is 15.2. The Bertz CT molecular complexity index is 159. The average Bonchev–Trinajstić information content (AvgIpc) is 2.05. The molecule has 1 aliphatic rings. The zero-order valence-corrected chi connectivity index (χ0v) is 6.30. The van der Waals surface area contributed by atoms with E-state index in [0.29, 0.717) is 6.04 Å². The lowest BCUT2D eigenvalue weighted by atomic mass is 10.00. The molecule has 0 amide bonds. The third-order valence-corrected chi connectivity index (χ3v) is 1.85. The molecule has 1 atom stereocenters. The Labute approximate surface area is 61.8 Å². The summed E-state index contributed by atoms with van der Waals surface area (Å²) in [5.74, 6) is 5.29. The van der Waals surface area contributed by atoms with Crippen molar-refractivity contribution in [3.63, 3.8) is 0 Å². The monoisotopic (exact) mass is 138 g/mol. The molecule has 2 nitrogen and oxygen atoms in total. The van der Waals surface area contributed by atoms with Gasteiger partial charge in [0.2, 0.25) is 0 Å². The molecule has 1 unspecified atom stereocenters. The lowest BCUT2D eigenvalue weighted by Gasteiger charge is -2.15. The van der Waals surface area contributed by atoms with E-state index in [-0.39, 0.29) is 0 Å². The SMILES string of the molecule is CC(NN)C1=CC=CCC1. The average molecular weight is 138 g/mol. The van der Waals surface area contributed by atoms with Gasteiger partial charge < -0.3 is 0 Å². The van der Waals surface area contributed by atoms with Crippen molar-refractivity contribution in [1.82, 2.24) is 5.43 Å². The summed E-state index contributed by atoms with van der Waals surface area (Å²) in [4.78, 5) is 0. The van der Waals surface area contributed by atoms with E-state index in [4.69, 9.17) is 5.84 Å². The highest BCUT2D eigenvalue weighted by Crippen LogP contribution is 2.14. The Balaban J connectivity index is 2.53. The molecule has 3 N–H and O–H groups in total. The van der Waals surface area contributed by atoms with E-state index in [1.807, 2.05) is 0 Å². The third-order valence-electron chi connectivity index (χ3n) is 1.85. The molecule has 0 spiro atoms. The fourth-order valence-corrected chi connectivity index (χ4v) is 1.09. The van der Waals surface area contributed by atoms with Crippen molar-refractivity contribution in [3.8, 4) is 0 Å². The number of nitrogens with one attached hydrogen (secondary N) is 1. The van der Waals surface area contributed by atoms with Crippen molar-refractivity contribution >= 4 is 0 Å². The van der Waals surface area contributed by atoms with Crippen molar-refractivity contribution in [3.05, 3.63) is 23.8 Å². The van der Waals surface area contributed by atoms with Gasteiger partial charge in [-0.15, -0.1) is 0 Å². The lowest BCUT2D eigenvalue weighted by molar-refractivity contribution is 0.615. The normalized spacial score (nSPS) is 20.4. The van der Waals surface area contributed by atoms with Crippen LogP contribution in [0.25, 0.3) is 0 Å². The summed E-state index contributed by atoms with van der Waals surface area (Å²) in [6.07, 6.45) is 8.69. The van der Waals surface area contributed by atoms with Crippen molar-refractivity contribution in [2.75, 3.05) is 0 Å². The van der Waals surface area contributed by atoms with E-state index < -0.39 is 0 Å². The minimum atomic E-state index is 0.324. The van der Waals surface area contributed by atoms with Crippen molar-refractivity contribution in [2.24, 2.45) is 5.84 Å². The van der Waals surface area contributed by atoms with Gasteiger partial charge in [-0.1, -0.05) is 23.8 Å². The molecule has 2 heteroatoms. The van der Waals surface area contributed by atoms with Crippen LogP contribution in [0.4, 0.5) is 0 Å². The van der Waals surface area contributed by atoms with Gasteiger partial charge in [-0.05, 0) is 19.8 Å². The predicted octanol–water partition coefficient (Wildman–Crippen LogP) is 1.11. The van der Waals surface area contributed by atoms with E-state index in [1.165, 1.54) is 5.57 Å². The molecule has 0 saturated heterocycles. The molecule has 0 aromatic rings. The van der Waals surface area contributed by atoms with Crippen LogP contribution in [0, 0.1) is 0 Å². The van der Waals surface area contributed by atoms with Crippen LogP contribution in [0.1, 0.15) is 19.8 Å². The second kappa shape index (κ2) is 3.54. The number of hydrogen-bond donors (Lipinski definition) is 2.